The standard InChI is InChI=1S/C25H30N2O5/c1-5-16-32-20-12-8-18(9-13-20)23(28)21-22(17-6-10-19(31-4)11-7-17)27(15-14-26(2)3)25(30)24(21)29/h6-13,22,28H,5,14-16H2,1-4H3/b23-21-. The minimum Gasteiger partial charge on any atom is -0.507 e. The molecule has 0 bridgehead atoms. The molecule has 1 amide bonds. The van der Waals surface area contributed by atoms with Crippen molar-refractivity contribution >= 4 is 17.4 Å². The van der Waals surface area contributed by atoms with Crippen molar-refractivity contribution in [2.75, 3.05) is 40.9 Å². The molecule has 7 nitrogen and oxygen atoms in total. The fraction of sp³-hybridized carbons (Fsp3) is 0.360. The second-order valence-corrected chi connectivity index (χ2v) is 7.94. The summed E-state index contributed by atoms with van der Waals surface area (Å²) >= 11 is 0. The molecule has 0 radical (unpaired) electrons. The van der Waals surface area contributed by atoms with Gasteiger partial charge in [0.05, 0.1) is 25.3 Å². The summed E-state index contributed by atoms with van der Waals surface area (Å²) < 4.78 is 10.8. The summed E-state index contributed by atoms with van der Waals surface area (Å²) in [6.45, 7) is 3.56. The van der Waals surface area contributed by atoms with E-state index in [0.29, 0.717) is 36.8 Å². The smallest absolute Gasteiger partial charge is 0.295 e. The summed E-state index contributed by atoms with van der Waals surface area (Å²) in [7, 11) is 5.38. The average molecular weight is 439 g/mol. The first-order valence-corrected chi connectivity index (χ1v) is 10.7. The monoisotopic (exact) mass is 438 g/mol. The quantitative estimate of drug-likeness (QED) is 0.367. The second-order valence-electron chi connectivity index (χ2n) is 7.94. The zero-order valence-electron chi connectivity index (χ0n) is 19.0. The van der Waals surface area contributed by atoms with Gasteiger partial charge in [-0.3, -0.25) is 9.59 Å². The Labute approximate surface area is 188 Å². The molecule has 2 aromatic carbocycles. The van der Waals surface area contributed by atoms with Crippen LogP contribution in [0.15, 0.2) is 54.1 Å². The summed E-state index contributed by atoms with van der Waals surface area (Å²) in [5.74, 6) is -0.146. The van der Waals surface area contributed by atoms with Gasteiger partial charge in [0.25, 0.3) is 11.7 Å². The molecule has 1 aliphatic rings. The van der Waals surface area contributed by atoms with Crippen LogP contribution in [0.4, 0.5) is 0 Å². The number of aliphatic hydroxyl groups excluding tert-OH is 1. The number of hydrogen-bond acceptors (Lipinski definition) is 6. The summed E-state index contributed by atoms with van der Waals surface area (Å²) in [5, 5.41) is 11.1. The van der Waals surface area contributed by atoms with Gasteiger partial charge in [-0.25, -0.2) is 0 Å². The maximum atomic E-state index is 13.0. The van der Waals surface area contributed by atoms with Crippen LogP contribution in [-0.4, -0.2) is 67.5 Å². The Morgan fingerprint density at radius 1 is 1.03 bits per heavy atom. The summed E-state index contributed by atoms with van der Waals surface area (Å²) in [6, 6.07) is 13.4. The fourth-order valence-electron chi connectivity index (χ4n) is 3.64. The van der Waals surface area contributed by atoms with Crippen molar-refractivity contribution in [3.8, 4) is 11.5 Å². The number of amides is 1. The molecular weight excluding hydrogens is 408 g/mol. The van der Waals surface area contributed by atoms with E-state index in [4.69, 9.17) is 9.47 Å². The molecule has 32 heavy (non-hydrogen) atoms. The van der Waals surface area contributed by atoms with Crippen molar-refractivity contribution in [2.24, 2.45) is 0 Å². The van der Waals surface area contributed by atoms with Crippen LogP contribution in [0.5, 0.6) is 11.5 Å². The van der Waals surface area contributed by atoms with Gasteiger partial charge in [-0.2, -0.15) is 0 Å². The number of carbonyl (C=O) groups is 2. The van der Waals surface area contributed by atoms with E-state index in [1.54, 1.807) is 43.5 Å². The number of likely N-dealkylation sites (tertiary alicyclic amines) is 1. The fourth-order valence-corrected chi connectivity index (χ4v) is 3.64. The Balaban J connectivity index is 2.04. The van der Waals surface area contributed by atoms with Crippen LogP contribution in [-0.2, 0) is 9.59 Å². The number of aliphatic hydroxyl groups is 1. The Morgan fingerprint density at radius 3 is 2.22 bits per heavy atom. The number of ether oxygens (including phenoxy) is 2. The van der Waals surface area contributed by atoms with Crippen LogP contribution in [0.25, 0.3) is 5.76 Å². The van der Waals surface area contributed by atoms with E-state index >= 15 is 0 Å². The lowest BCUT2D eigenvalue weighted by Crippen LogP contribution is -2.35. The molecule has 0 aliphatic carbocycles. The normalized spacial score (nSPS) is 17.8. The SMILES string of the molecule is CCCOc1ccc(/C(O)=C2/C(=O)C(=O)N(CCN(C)C)C2c2ccc(OC)cc2)cc1. The van der Waals surface area contributed by atoms with Crippen LogP contribution in [0.1, 0.15) is 30.5 Å². The Kier molecular flexibility index (Phi) is 7.53. The van der Waals surface area contributed by atoms with Crippen molar-refractivity contribution in [3.63, 3.8) is 0 Å². The van der Waals surface area contributed by atoms with E-state index in [1.807, 2.05) is 38.1 Å². The minimum atomic E-state index is -0.687. The zero-order chi connectivity index (χ0) is 23.3. The number of rotatable bonds is 9. The van der Waals surface area contributed by atoms with Crippen LogP contribution in [0.3, 0.4) is 0 Å². The van der Waals surface area contributed by atoms with E-state index in [2.05, 4.69) is 0 Å². The largest absolute Gasteiger partial charge is 0.507 e. The average Bonchev–Trinajstić information content (AvgIpc) is 3.06. The molecule has 1 aliphatic heterocycles. The van der Waals surface area contributed by atoms with Crippen molar-refractivity contribution in [3.05, 3.63) is 65.2 Å². The molecule has 1 N–H and O–H groups in total. The van der Waals surface area contributed by atoms with Crippen molar-refractivity contribution in [2.45, 2.75) is 19.4 Å². The highest BCUT2D eigenvalue weighted by molar-refractivity contribution is 6.46. The lowest BCUT2D eigenvalue weighted by molar-refractivity contribution is -0.140. The van der Waals surface area contributed by atoms with Gasteiger partial charge in [0, 0.05) is 18.7 Å². The maximum absolute atomic E-state index is 13.0. The lowest BCUT2D eigenvalue weighted by atomic mass is 9.95. The van der Waals surface area contributed by atoms with Gasteiger partial charge >= 0.3 is 0 Å². The van der Waals surface area contributed by atoms with E-state index in [1.165, 1.54) is 4.90 Å². The number of carbonyl (C=O) groups excluding carboxylic acids is 2. The third-order valence-electron chi connectivity index (χ3n) is 5.36. The number of nitrogens with zero attached hydrogens (tertiary/aromatic N) is 2. The van der Waals surface area contributed by atoms with Crippen molar-refractivity contribution < 1.29 is 24.2 Å². The lowest BCUT2D eigenvalue weighted by Gasteiger charge is -2.26. The molecule has 7 heteroatoms. The molecule has 170 valence electrons. The van der Waals surface area contributed by atoms with Crippen LogP contribution in [0.2, 0.25) is 0 Å². The molecule has 3 rings (SSSR count). The molecule has 0 spiro atoms. The van der Waals surface area contributed by atoms with Gasteiger partial charge in [-0.05, 0) is 62.5 Å². The summed E-state index contributed by atoms with van der Waals surface area (Å²) in [6.07, 6.45) is 0.889. The van der Waals surface area contributed by atoms with Crippen LogP contribution >= 0.6 is 0 Å². The van der Waals surface area contributed by atoms with Crippen LogP contribution < -0.4 is 9.47 Å². The van der Waals surface area contributed by atoms with Crippen molar-refractivity contribution in [1.82, 2.24) is 9.80 Å². The van der Waals surface area contributed by atoms with Crippen LogP contribution in [0, 0.1) is 0 Å². The minimum absolute atomic E-state index is 0.0844. The summed E-state index contributed by atoms with van der Waals surface area (Å²) in [4.78, 5) is 29.4. The Bertz CT molecular complexity index is 980. The summed E-state index contributed by atoms with van der Waals surface area (Å²) in [5.41, 5.74) is 1.27. The van der Waals surface area contributed by atoms with Gasteiger partial charge in [0.2, 0.25) is 0 Å². The van der Waals surface area contributed by atoms with E-state index in [9.17, 15) is 14.7 Å². The topological polar surface area (TPSA) is 79.3 Å². The van der Waals surface area contributed by atoms with Gasteiger partial charge in [0.15, 0.2) is 0 Å². The molecule has 1 unspecified atom stereocenters. The van der Waals surface area contributed by atoms with Gasteiger partial charge in [-0.1, -0.05) is 19.1 Å². The highest BCUT2D eigenvalue weighted by Crippen LogP contribution is 2.39. The molecule has 0 saturated carbocycles. The third kappa shape index (κ3) is 4.94. The van der Waals surface area contributed by atoms with Gasteiger partial charge < -0.3 is 24.4 Å². The number of hydrogen-bond donors (Lipinski definition) is 1. The van der Waals surface area contributed by atoms with Gasteiger partial charge in [0.1, 0.15) is 17.3 Å². The van der Waals surface area contributed by atoms with E-state index in [-0.39, 0.29) is 11.3 Å². The molecular formula is C25H30N2O5. The number of ketones is 1. The molecule has 0 aromatic heterocycles. The number of Topliss-reactive ketones (excluding diaryl/α,β-unsaturated/α-hetero) is 1. The first kappa shape index (κ1) is 23.3. The third-order valence-corrected chi connectivity index (χ3v) is 5.36. The molecule has 1 fully saturated rings. The first-order chi connectivity index (χ1) is 15.4. The maximum Gasteiger partial charge on any atom is 0.295 e. The zero-order valence-corrected chi connectivity index (χ0v) is 19.0. The second kappa shape index (κ2) is 10.3. The number of benzene rings is 2. The Morgan fingerprint density at radius 2 is 1.66 bits per heavy atom. The highest BCUT2D eigenvalue weighted by Gasteiger charge is 2.45. The predicted molar refractivity (Wildman–Crippen MR) is 123 cm³/mol. The molecule has 1 atom stereocenters. The van der Waals surface area contributed by atoms with E-state index < -0.39 is 17.7 Å². The first-order valence-electron chi connectivity index (χ1n) is 10.7. The number of methoxy groups -OCH3 is 1. The van der Waals surface area contributed by atoms with Crippen molar-refractivity contribution in [1.29, 1.82) is 0 Å². The molecule has 1 heterocycles. The molecule has 1 saturated heterocycles. The predicted octanol–water partition coefficient (Wildman–Crippen LogP) is 3.47. The van der Waals surface area contributed by atoms with Gasteiger partial charge in [-0.15, -0.1) is 0 Å². The van der Waals surface area contributed by atoms with E-state index in [0.717, 1.165) is 12.0 Å². The Hall–Kier alpha value is -3.32. The molecule has 2 aromatic rings. The number of likely N-dealkylation sites (N-methyl/N-ethyl adjacent to an activating group) is 1. The highest BCUT2D eigenvalue weighted by atomic mass is 16.5.